The summed E-state index contributed by atoms with van der Waals surface area (Å²) in [5, 5.41) is 2.88. The number of nitrogens with one attached hydrogen (secondary N) is 1. The molecule has 0 heterocycles. The maximum Gasteiger partial charge on any atom is 0.237 e. The normalized spacial score (nSPS) is 13.5. The average Bonchev–Trinajstić information content (AvgIpc) is 2.26. The number of nitrogens with zero attached hydrogens (tertiary/aromatic N) is 1. The predicted octanol–water partition coefficient (Wildman–Crippen LogP) is 1.21. The van der Waals surface area contributed by atoms with Crippen molar-refractivity contribution in [2.24, 2.45) is 11.7 Å². The van der Waals surface area contributed by atoms with Crippen molar-refractivity contribution in [3.05, 3.63) is 0 Å². The van der Waals surface area contributed by atoms with E-state index < -0.39 is 0 Å². The molecule has 4 nitrogen and oxygen atoms in total. The van der Waals surface area contributed by atoms with E-state index in [0.29, 0.717) is 6.04 Å². The maximum atomic E-state index is 11.5. The molecular weight excluding hydrogens is 214 g/mol. The van der Waals surface area contributed by atoms with E-state index in [4.69, 9.17) is 5.73 Å². The Bertz CT molecular complexity index is 217. The van der Waals surface area contributed by atoms with Gasteiger partial charge in [-0.25, -0.2) is 0 Å². The molecule has 102 valence electrons. The van der Waals surface area contributed by atoms with Crippen LogP contribution in [0.4, 0.5) is 0 Å². The molecule has 17 heavy (non-hydrogen) atoms. The van der Waals surface area contributed by atoms with Gasteiger partial charge < -0.3 is 16.0 Å². The Morgan fingerprint density at radius 1 is 1.24 bits per heavy atom. The molecule has 0 rings (SSSR count). The zero-order valence-electron chi connectivity index (χ0n) is 12.0. The molecule has 0 radical (unpaired) electrons. The van der Waals surface area contributed by atoms with Crippen LogP contribution in [0.25, 0.3) is 0 Å². The molecule has 0 spiro atoms. The van der Waals surface area contributed by atoms with E-state index in [1.54, 1.807) is 0 Å². The van der Waals surface area contributed by atoms with E-state index in [-0.39, 0.29) is 17.9 Å². The minimum Gasteiger partial charge on any atom is -0.355 e. The zero-order valence-corrected chi connectivity index (χ0v) is 12.0. The van der Waals surface area contributed by atoms with E-state index >= 15 is 0 Å². The third-order valence-electron chi connectivity index (χ3n) is 3.14. The summed E-state index contributed by atoms with van der Waals surface area (Å²) in [5.74, 6) is 0.166. The lowest BCUT2D eigenvalue weighted by Gasteiger charge is -2.21. The van der Waals surface area contributed by atoms with Crippen LogP contribution in [0.2, 0.25) is 0 Å². The number of carbonyl (C=O) groups excluding carboxylic acids is 1. The summed E-state index contributed by atoms with van der Waals surface area (Å²) in [7, 11) is 2.12. The number of hydrogen-bond donors (Lipinski definition) is 2. The van der Waals surface area contributed by atoms with E-state index in [0.717, 1.165) is 25.9 Å². The second kappa shape index (κ2) is 8.48. The van der Waals surface area contributed by atoms with Crippen LogP contribution < -0.4 is 11.1 Å². The van der Waals surface area contributed by atoms with Crippen LogP contribution in [0.1, 0.15) is 40.5 Å². The van der Waals surface area contributed by atoms with Gasteiger partial charge in [-0.05, 0) is 46.2 Å². The van der Waals surface area contributed by atoms with Crippen LogP contribution in [-0.2, 0) is 4.79 Å². The number of hydrogen-bond acceptors (Lipinski definition) is 3. The molecule has 0 aromatic heterocycles. The van der Waals surface area contributed by atoms with Crippen molar-refractivity contribution >= 4 is 5.91 Å². The van der Waals surface area contributed by atoms with Crippen molar-refractivity contribution in [2.75, 3.05) is 20.1 Å². The maximum absolute atomic E-state index is 11.5. The smallest absolute Gasteiger partial charge is 0.237 e. The van der Waals surface area contributed by atoms with Crippen LogP contribution in [0.3, 0.4) is 0 Å². The highest BCUT2D eigenvalue weighted by atomic mass is 16.2. The lowest BCUT2D eigenvalue weighted by Crippen LogP contribution is -2.44. The molecule has 1 atom stereocenters. The standard InChI is InChI=1S/C13H29N3O/c1-10(2)12(14)13(17)15-8-6-7-9-16(5)11(3)4/h10-12H,6-9,14H2,1-5H3,(H,15,17)/t12-/m0/s1. The molecule has 0 saturated heterocycles. The second-order valence-electron chi connectivity index (χ2n) is 5.34. The van der Waals surface area contributed by atoms with Crippen molar-refractivity contribution in [1.82, 2.24) is 10.2 Å². The third-order valence-corrected chi connectivity index (χ3v) is 3.14. The van der Waals surface area contributed by atoms with Crippen LogP contribution in [-0.4, -0.2) is 43.0 Å². The fraction of sp³-hybridized carbons (Fsp3) is 0.923. The van der Waals surface area contributed by atoms with E-state index in [1.807, 2.05) is 13.8 Å². The minimum absolute atomic E-state index is 0.0304. The van der Waals surface area contributed by atoms with Crippen LogP contribution >= 0.6 is 0 Å². The van der Waals surface area contributed by atoms with E-state index in [2.05, 4.69) is 31.1 Å². The van der Waals surface area contributed by atoms with Gasteiger partial charge in [0.05, 0.1) is 6.04 Å². The lowest BCUT2D eigenvalue weighted by atomic mass is 10.1. The molecule has 3 N–H and O–H groups in total. The summed E-state index contributed by atoms with van der Waals surface area (Å²) in [6.45, 7) is 10.1. The first-order chi connectivity index (χ1) is 7.86. The first-order valence-corrected chi connectivity index (χ1v) is 6.59. The Morgan fingerprint density at radius 2 is 1.82 bits per heavy atom. The number of rotatable bonds is 8. The zero-order chi connectivity index (χ0) is 13.4. The van der Waals surface area contributed by atoms with Crippen molar-refractivity contribution in [1.29, 1.82) is 0 Å². The van der Waals surface area contributed by atoms with Crippen LogP contribution in [0.15, 0.2) is 0 Å². The summed E-state index contributed by atoms with van der Waals surface area (Å²) in [6, 6.07) is 0.201. The molecule has 0 aliphatic carbocycles. The van der Waals surface area contributed by atoms with Gasteiger partial charge in [0.1, 0.15) is 0 Å². The Labute approximate surface area is 106 Å². The quantitative estimate of drug-likeness (QED) is 0.630. The van der Waals surface area contributed by atoms with Crippen molar-refractivity contribution in [2.45, 2.75) is 52.6 Å². The van der Waals surface area contributed by atoms with Crippen LogP contribution in [0.5, 0.6) is 0 Å². The largest absolute Gasteiger partial charge is 0.355 e. The van der Waals surface area contributed by atoms with Gasteiger partial charge in [-0.15, -0.1) is 0 Å². The Balaban J connectivity index is 3.55. The fourth-order valence-electron chi connectivity index (χ4n) is 1.38. The van der Waals surface area contributed by atoms with Gasteiger partial charge in [-0.1, -0.05) is 13.8 Å². The molecule has 4 heteroatoms. The summed E-state index contributed by atoms with van der Waals surface area (Å²) in [5.41, 5.74) is 5.74. The highest BCUT2D eigenvalue weighted by molar-refractivity contribution is 5.81. The first-order valence-electron chi connectivity index (χ1n) is 6.59. The van der Waals surface area contributed by atoms with Gasteiger partial charge in [0, 0.05) is 12.6 Å². The Hall–Kier alpha value is -0.610. The topological polar surface area (TPSA) is 58.4 Å². The number of carbonyl (C=O) groups is 1. The molecule has 0 aromatic carbocycles. The number of unbranched alkanes of at least 4 members (excludes halogenated alkanes) is 1. The van der Waals surface area contributed by atoms with Crippen molar-refractivity contribution in [3.63, 3.8) is 0 Å². The van der Waals surface area contributed by atoms with Gasteiger partial charge >= 0.3 is 0 Å². The van der Waals surface area contributed by atoms with Gasteiger partial charge in [-0.3, -0.25) is 4.79 Å². The average molecular weight is 243 g/mol. The summed E-state index contributed by atoms with van der Waals surface area (Å²) in [6.07, 6.45) is 2.11. The molecule has 0 aliphatic heterocycles. The number of amides is 1. The molecule has 0 saturated carbocycles. The summed E-state index contributed by atoms with van der Waals surface area (Å²) < 4.78 is 0. The Kier molecular flexibility index (Phi) is 8.17. The van der Waals surface area contributed by atoms with Crippen molar-refractivity contribution < 1.29 is 4.79 Å². The first kappa shape index (κ1) is 16.4. The third kappa shape index (κ3) is 7.34. The fourth-order valence-corrected chi connectivity index (χ4v) is 1.38. The molecule has 0 aromatic rings. The molecule has 0 fully saturated rings. The SMILES string of the molecule is CC(C)[C@H](N)C(=O)NCCCCN(C)C(C)C. The van der Waals surface area contributed by atoms with Crippen molar-refractivity contribution in [3.8, 4) is 0 Å². The minimum atomic E-state index is -0.381. The summed E-state index contributed by atoms with van der Waals surface area (Å²) in [4.78, 5) is 13.9. The number of nitrogens with two attached hydrogens (primary N) is 1. The Morgan fingerprint density at radius 3 is 2.29 bits per heavy atom. The van der Waals surface area contributed by atoms with Gasteiger partial charge in [0.15, 0.2) is 0 Å². The van der Waals surface area contributed by atoms with E-state index in [9.17, 15) is 4.79 Å². The highest BCUT2D eigenvalue weighted by Gasteiger charge is 2.15. The van der Waals surface area contributed by atoms with Crippen LogP contribution in [0, 0.1) is 5.92 Å². The molecule has 0 bridgehead atoms. The second-order valence-corrected chi connectivity index (χ2v) is 5.34. The monoisotopic (exact) mass is 243 g/mol. The molecule has 0 unspecified atom stereocenters. The molecule has 0 aliphatic rings. The van der Waals surface area contributed by atoms with Gasteiger partial charge in [-0.2, -0.15) is 0 Å². The summed E-state index contributed by atoms with van der Waals surface area (Å²) >= 11 is 0. The van der Waals surface area contributed by atoms with E-state index in [1.165, 1.54) is 0 Å². The predicted molar refractivity (Wildman–Crippen MR) is 72.8 cm³/mol. The van der Waals surface area contributed by atoms with Gasteiger partial charge in [0.25, 0.3) is 0 Å². The molecular formula is C13H29N3O. The molecule has 1 amide bonds. The lowest BCUT2D eigenvalue weighted by molar-refractivity contribution is -0.123. The highest BCUT2D eigenvalue weighted by Crippen LogP contribution is 1.99. The van der Waals surface area contributed by atoms with Gasteiger partial charge in [0.2, 0.25) is 5.91 Å².